The minimum Gasteiger partial charge on any atom is -0.348 e. The van der Waals surface area contributed by atoms with E-state index in [1.807, 2.05) is 0 Å². The number of alkyl halides is 3. The van der Waals surface area contributed by atoms with Gasteiger partial charge in [-0.1, -0.05) is 22.0 Å². The summed E-state index contributed by atoms with van der Waals surface area (Å²) in [5, 5.41) is 5.10. The average molecular weight is 469 g/mol. The smallest absolute Gasteiger partial charge is 0.348 e. The fourth-order valence-electron chi connectivity index (χ4n) is 2.48. The summed E-state index contributed by atoms with van der Waals surface area (Å²) in [6.07, 6.45) is -2.72. The second-order valence-electron chi connectivity index (χ2n) is 5.92. The van der Waals surface area contributed by atoms with Crippen molar-refractivity contribution in [1.29, 1.82) is 0 Å². The number of hydrogen-bond donors (Lipinski definition) is 2. The van der Waals surface area contributed by atoms with Crippen LogP contribution >= 0.6 is 15.9 Å². The van der Waals surface area contributed by atoms with E-state index < -0.39 is 29.2 Å². The third-order valence-corrected chi connectivity index (χ3v) is 4.29. The first-order chi connectivity index (χ1) is 13.7. The molecule has 0 saturated carbocycles. The molecule has 0 bridgehead atoms. The molecule has 0 aliphatic rings. The zero-order chi connectivity index (χ0) is 21.0. The first-order valence-electron chi connectivity index (χ1n) is 8.21. The van der Waals surface area contributed by atoms with Crippen LogP contribution in [0.15, 0.2) is 59.3 Å². The molecule has 29 heavy (non-hydrogen) atoms. The highest BCUT2D eigenvalue weighted by Gasteiger charge is 2.36. The first-order valence-corrected chi connectivity index (χ1v) is 9.00. The Kier molecular flexibility index (Phi) is 6.12. The van der Waals surface area contributed by atoms with Gasteiger partial charge < -0.3 is 10.6 Å². The van der Waals surface area contributed by atoms with Gasteiger partial charge in [-0.3, -0.25) is 4.79 Å². The number of nitrogens with one attached hydrogen (secondary N) is 2. The Morgan fingerprint density at radius 2 is 1.90 bits per heavy atom. The van der Waals surface area contributed by atoms with Gasteiger partial charge in [0.15, 0.2) is 0 Å². The topological polar surface area (TPSA) is 66.9 Å². The molecule has 0 saturated heterocycles. The van der Waals surface area contributed by atoms with Gasteiger partial charge in [0.1, 0.15) is 5.82 Å². The lowest BCUT2D eigenvalue weighted by Crippen LogP contribution is -2.26. The summed E-state index contributed by atoms with van der Waals surface area (Å²) in [6, 6.07) is 10.1. The van der Waals surface area contributed by atoms with Gasteiger partial charge in [0.05, 0.1) is 11.1 Å². The van der Waals surface area contributed by atoms with Gasteiger partial charge in [-0.2, -0.15) is 17.6 Å². The Morgan fingerprint density at radius 3 is 2.59 bits per heavy atom. The van der Waals surface area contributed by atoms with Crippen molar-refractivity contribution in [1.82, 2.24) is 15.3 Å². The molecule has 1 amide bonds. The van der Waals surface area contributed by atoms with Crippen molar-refractivity contribution in [3.63, 3.8) is 0 Å². The summed E-state index contributed by atoms with van der Waals surface area (Å²) in [6.45, 7) is -0.159. The van der Waals surface area contributed by atoms with Crippen LogP contribution in [0.2, 0.25) is 0 Å². The number of benzene rings is 1. The molecular weight excluding hydrogens is 456 g/mol. The van der Waals surface area contributed by atoms with Crippen LogP contribution in [0.1, 0.15) is 21.5 Å². The van der Waals surface area contributed by atoms with E-state index in [0.29, 0.717) is 11.3 Å². The first kappa shape index (κ1) is 20.7. The Balaban J connectivity index is 1.83. The fraction of sp³-hybridized carbons (Fsp3) is 0.105. The molecule has 3 aromatic rings. The van der Waals surface area contributed by atoms with E-state index in [1.54, 1.807) is 24.3 Å². The Labute approximate surface area is 171 Å². The number of carbonyl (C=O) groups excluding carboxylic acids is 1. The van der Waals surface area contributed by atoms with Gasteiger partial charge in [-0.05, 0) is 42.0 Å². The zero-order valence-electron chi connectivity index (χ0n) is 14.6. The van der Waals surface area contributed by atoms with Crippen molar-refractivity contribution in [2.24, 2.45) is 0 Å². The van der Waals surface area contributed by atoms with Crippen LogP contribution in [0.4, 0.5) is 29.1 Å². The maximum Gasteiger partial charge on any atom is 0.417 e. The van der Waals surface area contributed by atoms with Crippen LogP contribution in [0, 0.1) is 5.95 Å². The maximum atomic E-state index is 13.5. The summed E-state index contributed by atoms with van der Waals surface area (Å²) >= 11 is 3.27. The van der Waals surface area contributed by atoms with E-state index in [2.05, 4.69) is 36.5 Å². The SMILES string of the molecule is O=C(NCc1ccnc(F)c1)c1cnc(Nc2cccc(Br)c2)cc1C(F)(F)F. The molecule has 3 rings (SSSR count). The number of carbonyl (C=O) groups is 1. The van der Waals surface area contributed by atoms with Crippen LogP contribution in [-0.2, 0) is 12.7 Å². The largest absolute Gasteiger partial charge is 0.417 e. The lowest BCUT2D eigenvalue weighted by Gasteiger charge is -2.15. The molecule has 1 aromatic carbocycles. The highest BCUT2D eigenvalue weighted by Crippen LogP contribution is 2.33. The Hall–Kier alpha value is -3.01. The molecule has 0 unspecified atom stereocenters. The molecule has 5 nitrogen and oxygen atoms in total. The van der Waals surface area contributed by atoms with Gasteiger partial charge in [0.25, 0.3) is 5.91 Å². The number of anilines is 2. The fourth-order valence-corrected chi connectivity index (χ4v) is 2.88. The predicted octanol–water partition coefficient (Wildman–Crippen LogP) is 5.07. The van der Waals surface area contributed by atoms with Gasteiger partial charge in [-0.15, -0.1) is 0 Å². The third kappa shape index (κ3) is 5.50. The zero-order valence-corrected chi connectivity index (χ0v) is 16.2. The predicted molar refractivity (Wildman–Crippen MR) is 102 cm³/mol. The Bertz CT molecular complexity index is 1040. The van der Waals surface area contributed by atoms with Crippen LogP contribution in [0.3, 0.4) is 0 Å². The van der Waals surface area contributed by atoms with Crippen molar-refractivity contribution in [3.8, 4) is 0 Å². The molecule has 150 valence electrons. The maximum absolute atomic E-state index is 13.5. The molecule has 0 radical (unpaired) electrons. The van der Waals surface area contributed by atoms with E-state index in [4.69, 9.17) is 0 Å². The second kappa shape index (κ2) is 8.56. The van der Waals surface area contributed by atoms with E-state index in [9.17, 15) is 22.4 Å². The molecule has 0 aliphatic heterocycles. The molecule has 2 heterocycles. The highest BCUT2D eigenvalue weighted by molar-refractivity contribution is 9.10. The van der Waals surface area contributed by atoms with Crippen molar-refractivity contribution in [2.75, 3.05) is 5.32 Å². The third-order valence-electron chi connectivity index (χ3n) is 3.80. The normalized spacial score (nSPS) is 11.2. The van der Waals surface area contributed by atoms with Gasteiger partial charge in [0, 0.05) is 29.1 Å². The summed E-state index contributed by atoms with van der Waals surface area (Å²) in [4.78, 5) is 19.6. The number of aromatic nitrogens is 2. The minimum atomic E-state index is -4.77. The molecule has 0 fully saturated rings. The summed E-state index contributed by atoms with van der Waals surface area (Å²) in [5.41, 5.74) is -0.882. The summed E-state index contributed by atoms with van der Waals surface area (Å²) in [5.74, 6) is -1.79. The molecule has 2 N–H and O–H groups in total. The molecule has 10 heteroatoms. The standard InChI is InChI=1S/C19H13BrF4N4O/c20-12-2-1-3-13(7-12)28-17-8-15(19(22,23)24)14(10-26-17)18(29)27-9-11-4-5-25-16(21)6-11/h1-8,10H,9H2,(H,26,28)(H,27,29). The van der Waals surface area contributed by atoms with E-state index >= 15 is 0 Å². The number of amides is 1. The minimum absolute atomic E-state index is 0.0665. The van der Waals surface area contributed by atoms with Crippen molar-refractivity contribution < 1.29 is 22.4 Å². The molecule has 0 spiro atoms. The van der Waals surface area contributed by atoms with E-state index in [1.165, 1.54) is 12.3 Å². The van der Waals surface area contributed by atoms with Crippen molar-refractivity contribution >= 4 is 33.3 Å². The average Bonchev–Trinajstić information content (AvgIpc) is 2.65. The van der Waals surface area contributed by atoms with Gasteiger partial charge >= 0.3 is 6.18 Å². The number of halogens is 5. The van der Waals surface area contributed by atoms with Crippen molar-refractivity contribution in [3.05, 3.63) is 82.0 Å². The second-order valence-corrected chi connectivity index (χ2v) is 6.83. The van der Waals surface area contributed by atoms with E-state index in [-0.39, 0.29) is 12.4 Å². The molecule has 0 atom stereocenters. The summed E-state index contributed by atoms with van der Waals surface area (Å²) < 4.78 is 54.3. The number of rotatable bonds is 5. The molecular formula is C19H13BrF4N4O. The summed E-state index contributed by atoms with van der Waals surface area (Å²) in [7, 11) is 0. The highest BCUT2D eigenvalue weighted by atomic mass is 79.9. The Morgan fingerprint density at radius 1 is 1.10 bits per heavy atom. The van der Waals surface area contributed by atoms with Crippen LogP contribution < -0.4 is 10.6 Å². The van der Waals surface area contributed by atoms with Gasteiger partial charge in [-0.25, -0.2) is 9.97 Å². The van der Waals surface area contributed by atoms with Crippen LogP contribution in [0.5, 0.6) is 0 Å². The van der Waals surface area contributed by atoms with Gasteiger partial charge in [0.2, 0.25) is 5.95 Å². The number of pyridine rings is 2. The van der Waals surface area contributed by atoms with Crippen LogP contribution in [-0.4, -0.2) is 15.9 Å². The van der Waals surface area contributed by atoms with Crippen LogP contribution in [0.25, 0.3) is 0 Å². The number of nitrogens with zero attached hydrogens (tertiary/aromatic N) is 2. The lowest BCUT2D eigenvalue weighted by atomic mass is 10.1. The number of hydrogen-bond acceptors (Lipinski definition) is 4. The quantitative estimate of drug-likeness (QED) is 0.405. The monoisotopic (exact) mass is 468 g/mol. The lowest BCUT2D eigenvalue weighted by molar-refractivity contribution is -0.137. The molecule has 2 aromatic heterocycles. The molecule has 0 aliphatic carbocycles. The van der Waals surface area contributed by atoms with E-state index in [0.717, 1.165) is 22.8 Å². The van der Waals surface area contributed by atoms with Crippen molar-refractivity contribution in [2.45, 2.75) is 12.7 Å².